The van der Waals surface area contributed by atoms with Gasteiger partial charge in [-0.05, 0) is 36.6 Å². The van der Waals surface area contributed by atoms with E-state index in [2.05, 4.69) is 5.32 Å². The summed E-state index contributed by atoms with van der Waals surface area (Å²) in [6.07, 6.45) is 1.36. The zero-order valence-corrected chi connectivity index (χ0v) is 12.8. The van der Waals surface area contributed by atoms with Gasteiger partial charge in [-0.1, -0.05) is 12.1 Å². The predicted octanol–water partition coefficient (Wildman–Crippen LogP) is 0.371. The number of carbonyl (C=O) groups is 3. The van der Waals surface area contributed by atoms with E-state index in [1.54, 1.807) is 11.0 Å². The van der Waals surface area contributed by atoms with Crippen molar-refractivity contribution < 1.29 is 14.4 Å². The van der Waals surface area contributed by atoms with Crippen molar-refractivity contribution in [2.75, 3.05) is 6.54 Å². The number of nitrogens with one attached hydrogen (secondary N) is 1. The van der Waals surface area contributed by atoms with Crippen LogP contribution in [0.25, 0.3) is 0 Å². The third kappa shape index (κ3) is 2.71. The molecule has 6 nitrogen and oxygen atoms in total. The van der Waals surface area contributed by atoms with Gasteiger partial charge in [0.15, 0.2) is 0 Å². The van der Waals surface area contributed by atoms with Crippen LogP contribution in [-0.4, -0.2) is 35.2 Å². The number of hydrogen-bond acceptors (Lipinski definition) is 4. The number of carbonyl (C=O) groups excluding carboxylic acids is 3. The fourth-order valence-corrected chi connectivity index (χ4v) is 3.04. The number of amides is 3. The molecule has 0 aromatic heterocycles. The molecule has 3 rings (SSSR count). The third-order valence-corrected chi connectivity index (χ3v) is 4.09. The Bertz CT molecular complexity index is 632. The van der Waals surface area contributed by atoms with E-state index in [1.807, 2.05) is 12.1 Å². The molecule has 2 aliphatic heterocycles. The van der Waals surface area contributed by atoms with Gasteiger partial charge in [0.1, 0.15) is 6.04 Å². The first-order valence-electron chi connectivity index (χ1n) is 7.07. The summed E-state index contributed by atoms with van der Waals surface area (Å²) in [5.74, 6) is -0.796. The minimum Gasteiger partial charge on any atom is -0.330 e. The second-order valence-electron chi connectivity index (χ2n) is 5.38. The molecule has 0 spiro atoms. The Balaban J connectivity index is 0.00000176. The molecule has 0 radical (unpaired) electrons. The van der Waals surface area contributed by atoms with Crippen molar-refractivity contribution in [2.24, 2.45) is 5.73 Å². The van der Waals surface area contributed by atoms with Crippen LogP contribution in [0, 0.1) is 0 Å². The summed E-state index contributed by atoms with van der Waals surface area (Å²) >= 11 is 0. The van der Waals surface area contributed by atoms with Crippen molar-refractivity contribution in [3.63, 3.8) is 0 Å². The van der Waals surface area contributed by atoms with Crippen LogP contribution in [0.2, 0.25) is 0 Å². The molecule has 1 aromatic rings. The molecule has 2 heterocycles. The Hall–Kier alpha value is -1.92. The first kappa shape index (κ1) is 16.5. The minimum atomic E-state index is -0.562. The Morgan fingerprint density at radius 1 is 1.27 bits per heavy atom. The molecule has 1 atom stereocenters. The van der Waals surface area contributed by atoms with E-state index < -0.39 is 6.04 Å². The van der Waals surface area contributed by atoms with Crippen LogP contribution in [-0.2, 0) is 22.6 Å². The molecule has 22 heavy (non-hydrogen) atoms. The minimum absolute atomic E-state index is 0. The molecule has 3 amide bonds. The lowest BCUT2D eigenvalue weighted by Crippen LogP contribution is -2.52. The molecule has 0 bridgehead atoms. The fraction of sp³-hybridized carbons (Fsp3) is 0.400. The van der Waals surface area contributed by atoms with Gasteiger partial charge < -0.3 is 10.6 Å². The molecule has 0 saturated carbocycles. The lowest BCUT2D eigenvalue weighted by molar-refractivity contribution is -0.136. The maximum atomic E-state index is 12.5. The Morgan fingerprint density at radius 2 is 2.05 bits per heavy atom. The van der Waals surface area contributed by atoms with Gasteiger partial charge in [-0.2, -0.15) is 0 Å². The van der Waals surface area contributed by atoms with E-state index >= 15 is 0 Å². The first-order chi connectivity index (χ1) is 10.1. The Kier molecular flexibility index (Phi) is 4.83. The third-order valence-electron chi connectivity index (χ3n) is 4.09. The second-order valence-corrected chi connectivity index (χ2v) is 5.38. The largest absolute Gasteiger partial charge is 0.330 e. The molecule has 1 saturated heterocycles. The van der Waals surface area contributed by atoms with Crippen LogP contribution < -0.4 is 11.1 Å². The zero-order valence-electron chi connectivity index (χ0n) is 12.0. The summed E-state index contributed by atoms with van der Waals surface area (Å²) in [5, 5.41) is 2.30. The monoisotopic (exact) mass is 323 g/mol. The van der Waals surface area contributed by atoms with Gasteiger partial charge in [-0.15, -0.1) is 12.4 Å². The van der Waals surface area contributed by atoms with Crippen molar-refractivity contribution in [3.05, 3.63) is 34.9 Å². The van der Waals surface area contributed by atoms with E-state index in [1.165, 1.54) is 0 Å². The van der Waals surface area contributed by atoms with E-state index in [-0.39, 0.29) is 36.5 Å². The standard InChI is InChI=1S/C15H17N3O3.ClH/c16-7-6-9-2-1-3-10-11(9)8-18(15(10)21)12-4-5-13(19)17-14(12)20;/h1-3,12H,4-8,16H2,(H,17,19,20);1H. The van der Waals surface area contributed by atoms with Crippen LogP contribution in [0.4, 0.5) is 0 Å². The quantitative estimate of drug-likeness (QED) is 0.786. The van der Waals surface area contributed by atoms with Crippen LogP contribution in [0.1, 0.15) is 34.3 Å². The number of piperidine rings is 1. The zero-order chi connectivity index (χ0) is 15.0. The number of rotatable bonds is 3. The normalized spacial score (nSPS) is 20.5. The number of hydrogen-bond donors (Lipinski definition) is 2. The van der Waals surface area contributed by atoms with Crippen molar-refractivity contribution in [2.45, 2.75) is 31.8 Å². The van der Waals surface area contributed by atoms with Gasteiger partial charge in [0, 0.05) is 18.5 Å². The number of benzene rings is 1. The summed E-state index contributed by atoms with van der Waals surface area (Å²) in [6.45, 7) is 0.930. The van der Waals surface area contributed by atoms with E-state index in [9.17, 15) is 14.4 Å². The van der Waals surface area contributed by atoms with E-state index in [4.69, 9.17) is 5.73 Å². The van der Waals surface area contributed by atoms with Crippen LogP contribution in [0.5, 0.6) is 0 Å². The summed E-state index contributed by atoms with van der Waals surface area (Å²) in [5.41, 5.74) is 8.26. The molecule has 1 fully saturated rings. The highest BCUT2D eigenvalue weighted by atomic mass is 35.5. The molecule has 7 heteroatoms. The van der Waals surface area contributed by atoms with Gasteiger partial charge in [0.25, 0.3) is 5.91 Å². The maximum Gasteiger partial charge on any atom is 0.255 e. The van der Waals surface area contributed by atoms with Gasteiger partial charge in [0.2, 0.25) is 11.8 Å². The maximum absolute atomic E-state index is 12.5. The number of fused-ring (bicyclic) bond motifs is 1. The lowest BCUT2D eigenvalue weighted by atomic mass is 10.0. The Morgan fingerprint density at radius 3 is 2.73 bits per heavy atom. The van der Waals surface area contributed by atoms with Gasteiger partial charge >= 0.3 is 0 Å². The Labute approximate surface area is 134 Å². The highest BCUT2D eigenvalue weighted by Crippen LogP contribution is 2.29. The van der Waals surface area contributed by atoms with Crippen molar-refractivity contribution >= 4 is 30.1 Å². The molecular weight excluding hydrogens is 306 g/mol. The number of nitrogens with two attached hydrogens (primary N) is 1. The highest BCUT2D eigenvalue weighted by molar-refractivity contribution is 6.05. The van der Waals surface area contributed by atoms with Crippen LogP contribution in [0.15, 0.2) is 18.2 Å². The van der Waals surface area contributed by atoms with Crippen molar-refractivity contribution in [3.8, 4) is 0 Å². The summed E-state index contributed by atoms with van der Waals surface area (Å²) in [7, 11) is 0. The molecule has 3 N–H and O–H groups in total. The van der Waals surface area contributed by atoms with Gasteiger partial charge in [0.05, 0.1) is 0 Å². The van der Waals surface area contributed by atoms with Crippen molar-refractivity contribution in [1.82, 2.24) is 10.2 Å². The summed E-state index contributed by atoms with van der Waals surface area (Å²) < 4.78 is 0. The average molecular weight is 324 g/mol. The first-order valence-corrected chi connectivity index (χ1v) is 7.07. The fourth-order valence-electron chi connectivity index (χ4n) is 3.04. The topological polar surface area (TPSA) is 92.5 Å². The second kappa shape index (κ2) is 6.46. The van der Waals surface area contributed by atoms with Gasteiger partial charge in [-0.25, -0.2) is 0 Å². The average Bonchev–Trinajstić information content (AvgIpc) is 2.78. The molecular formula is C15H18ClN3O3. The smallest absolute Gasteiger partial charge is 0.255 e. The van der Waals surface area contributed by atoms with E-state index in [0.29, 0.717) is 31.5 Å². The highest BCUT2D eigenvalue weighted by Gasteiger charge is 2.39. The molecule has 0 aliphatic carbocycles. The molecule has 2 aliphatic rings. The molecule has 1 unspecified atom stereocenters. The van der Waals surface area contributed by atoms with Gasteiger partial charge in [-0.3, -0.25) is 19.7 Å². The lowest BCUT2D eigenvalue weighted by Gasteiger charge is -2.29. The summed E-state index contributed by atoms with van der Waals surface area (Å²) in [4.78, 5) is 37.2. The van der Waals surface area contributed by atoms with E-state index in [0.717, 1.165) is 11.1 Å². The van der Waals surface area contributed by atoms with Crippen molar-refractivity contribution in [1.29, 1.82) is 0 Å². The number of nitrogens with zero attached hydrogens (tertiary/aromatic N) is 1. The van der Waals surface area contributed by atoms with Crippen LogP contribution >= 0.6 is 12.4 Å². The molecule has 118 valence electrons. The summed E-state index contributed by atoms with van der Waals surface area (Å²) in [6, 6.07) is 5.03. The number of halogens is 1. The predicted molar refractivity (Wildman–Crippen MR) is 82.5 cm³/mol. The SMILES string of the molecule is Cl.NCCc1cccc2c1CN(C1CCC(=O)NC1=O)C2=O. The number of imide groups is 1. The van der Waals surface area contributed by atoms with Crippen LogP contribution in [0.3, 0.4) is 0 Å². The molecule has 1 aromatic carbocycles.